The fourth-order valence-corrected chi connectivity index (χ4v) is 3.19. The zero-order valence-corrected chi connectivity index (χ0v) is 12.5. The molecule has 2 amide bonds. The fourth-order valence-electron chi connectivity index (χ4n) is 2.65. The molecule has 1 unspecified atom stereocenters. The maximum absolute atomic E-state index is 12.2. The lowest BCUT2D eigenvalue weighted by molar-refractivity contribution is -0.142. The first-order valence-corrected chi connectivity index (χ1v) is 7.94. The summed E-state index contributed by atoms with van der Waals surface area (Å²) in [6, 6.07) is 0. The van der Waals surface area contributed by atoms with Gasteiger partial charge >= 0.3 is 0 Å². The normalized spacial score (nSPS) is 22.6. The number of hydrogen-bond donors (Lipinski definition) is 1. The maximum Gasteiger partial charge on any atom is 0.273 e. The van der Waals surface area contributed by atoms with E-state index in [4.69, 9.17) is 10.5 Å². The molecule has 1 atom stereocenters. The minimum Gasteiger partial charge on any atom is -0.375 e. The monoisotopic (exact) mass is 310 g/mol. The van der Waals surface area contributed by atoms with Crippen molar-refractivity contribution in [1.82, 2.24) is 14.8 Å². The molecule has 114 valence electrons. The van der Waals surface area contributed by atoms with Crippen molar-refractivity contribution in [3.05, 3.63) is 11.1 Å². The van der Waals surface area contributed by atoms with Crippen LogP contribution in [0, 0.1) is 0 Å². The Kier molecular flexibility index (Phi) is 4.07. The van der Waals surface area contributed by atoms with Crippen LogP contribution in [0.15, 0.2) is 5.38 Å². The third-order valence-corrected chi connectivity index (χ3v) is 4.50. The summed E-state index contributed by atoms with van der Waals surface area (Å²) in [4.78, 5) is 32.0. The van der Waals surface area contributed by atoms with E-state index >= 15 is 0 Å². The van der Waals surface area contributed by atoms with Gasteiger partial charge in [-0.15, -0.1) is 11.3 Å². The molecule has 0 saturated carbocycles. The Labute approximate surface area is 126 Å². The molecule has 2 fully saturated rings. The van der Waals surface area contributed by atoms with Gasteiger partial charge in [-0.3, -0.25) is 9.59 Å². The van der Waals surface area contributed by atoms with E-state index in [-0.39, 0.29) is 17.9 Å². The van der Waals surface area contributed by atoms with Gasteiger partial charge in [0.2, 0.25) is 0 Å². The molecular weight excluding hydrogens is 292 g/mol. The lowest BCUT2D eigenvalue weighted by Gasteiger charge is -2.35. The van der Waals surface area contributed by atoms with Crippen LogP contribution in [0.4, 0.5) is 5.13 Å². The second-order valence-corrected chi connectivity index (χ2v) is 6.08. The van der Waals surface area contributed by atoms with Crippen LogP contribution in [0.2, 0.25) is 0 Å². The molecule has 0 radical (unpaired) electrons. The fraction of sp³-hybridized carbons (Fsp3) is 0.615. The number of thiazole rings is 1. The average molecular weight is 310 g/mol. The molecule has 2 aliphatic rings. The summed E-state index contributed by atoms with van der Waals surface area (Å²) in [5.41, 5.74) is 5.93. The molecule has 0 aromatic carbocycles. The van der Waals surface area contributed by atoms with E-state index in [1.54, 1.807) is 15.2 Å². The van der Waals surface area contributed by atoms with Crippen LogP contribution in [0.3, 0.4) is 0 Å². The number of carbonyl (C=O) groups excluding carboxylic acids is 2. The van der Waals surface area contributed by atoms with Gasteiger partial charge in [-0.2, -0.15) is 0 Å². The van der Waals surface area contributed by atoms with E-state index in [1.165, 1.54) is 11.3 Å². The Bertz CT molecular complexity index is 533. The maximum atomic E-state index is 12.2. The Balaban J connectivity index is 1.55. The summed E-state index contributed by atoms with van der Waals surface area (Å²) >= 11 is 1.26. The summed E-state index contributed by atoms with van der Waals surface area (Å²) < 4.78 is 5.42. The number of anilines is 1. The van der Waals surface area contributed by atoms with Crippen molar-refractivity contribution < 1.29 is 14.3 Å². The Morgan fingerprint density at radius 3 is 2.57 bits per heavy atom. The van der Waals surface area contributed by atoms with E-state index in [9.17, 15) is 9.59 Å². The van der Waals surface area contributed by atoms with E-state index in [2.05, 4.69) is 4.98 Å². The minimum absolute atomic E-state index is 0.0532. The average Bonchev–Trinajstić information content (AvgIpc) is 3.17. The number of aromatic nitrogens is 1. The highest BCUT2D eigenvalue weighted by Crippen LogP contribution is 2.17. The highest BCUT2D eigenvalue weighted by atomic mass is 32.1. The van der Waals surface area contributed by atoms with Gasteiger partial charge in [0.25, 0.3) is 11.8 Å². The van der Waals surface area contributed by atoms with Gasteiger partial charge < -0.3 is 20.3 Å². The summed E-state index contributed by atoms with van der Waals surface area (Å²) in [7, 11) is 0. The third-order valence-electron chi connectivity index (χ3n) is 3.82. The number of carbonyl (C=O) groups is 2. The topological polar surface area (TPSA) is 88.8 Å². The van der Waals surface area contributed by atoms with Crippen molar-refractivity contribution in [3.8, 4) is 0 Å². The summed E-state index contributed by atoms with van der Waals surface area (Å²) in [5.74, 6) is -0.0651. The van der Waals surface area contributed by atoms with E-state index in [1.807, 2.05) is 0 Å². The van der Waals surface area contributed by atoms with E-state index < -0.39 is 0 Å². The Morgan fingerprint density at radius 1 is 1.29 bits per heavy atom. The molecule has 2 N–H and O–H groups in total. The molecule has 21 heavy (non-hydrogen) atoms. The molecule has 7 nitrogen and oxygen atoms in total. The molecular formula is C13H18N4O3S. The Hall–Kier alpha value is -1.67. The van der Waals surface area contributed by atoms with Crippen LogP contribution in [0.25, 0.3) is 0 Å². The second kappa shape index (κ2) is 5.98. The van der Waals surface area contributed by atoms with Crippen molar-refractivity contribution in [3.63, 3.8) is 0 Å². The molecule has 3 heterocycles. The molecule has 1 aromatic heterocycles. The van der Waals surface area contributed by atoms with Crippen molar-refractivity contribution in [1.29, 1.82) is 0 Å². The second-order valence-electron chi connectivity index (χ2n) is 5.19. The van der Waals surface area contributed by atoms with Crippen LogP contribution in [-0.2, 0) is 9.53 Å². The molecule has 2 saturated heterocycles. The van der Waals surface area contributed by atoms with Crippen LogP contribution < -0.4 is 5.73 Å². The van der Waals surface area contributed by atoms with E-state index in [0.29, 0.717) is 43.6 Å². The van der Waals surface area contributed by atoms with Gasteiger partial charge in [-0.25, -0.2) is 4.98 Å². The predicted molar refractivity (Wildman–Crippen MR) is 78.0 cm³/mol. The van der Waals surface area contributed by atoms with Gasteiger partial charge in [0, 0.05) is 38.2 Å². The predicted octanol–water partition coefficient (Wildman–Crippen LogP) is 0.189. The summed E-state index contributed by atoms with van der Waals surface area (Å²) in [6.07, 6.45) is 1.46. The van der Waals surface area contributed by atoms with Gasteiger partial charge in [-0.05, 0) is 12.8 Å². The van der Waals surface area contributed by atoms with Crippen LogP contribution in [-0.4, -0.2) is 65.5 Å². The van der Waals surface area contributed by atoms with E-state index in [0.717, 1.165) is 12.8 Å². The highest BCUT2D eigenvalue weighted by Gasteiger charge is 2.31. The molecule has 0 spiro atoms. The van der Waals surface area contributed by atoms with Crippen molar-refractivity contribution in [2.24, 2.45) is 0 Å². The molecule has 8 heteroatoms. The van der Waals surface area contributed by atoms with Crippen molar-refractivity contribution in [2.75, 3.05) is 38.5 Å². The summed E-state index contributed by atoms with van der Waals surface area (Å²) in [5, 5.41) is 2.06. The van der Waals surface area contributed by atoms with Crippen LogP contribution in [0.5, 0.6) is 0 Å². The number of ether oxygens (including phenoxy) is 1. The standard InChI is InChI=1S/C13H18N4O3S/c14-13-15-9(8-21-13)11(18)16-3-5-17(6-4-16)12(19)10-2-1-7-20-10/h8,10H,1-7H2,(H2,14,15). The number of nitrogens with two attached hydrogens (primary N) is 1. The van der Waals surface area contributed by atoms with Gasteiger partial charge in [-0.1, -0.05) is 0 Å². The Morgan fingerprint density at radius 2 is 2.00 bits per heavy atom. The zero-order chi connectivity index (χ0) is 14.8. The van der Waals surface area contributed by atoms with Crippen molar-refractivity contribution >= 4 is 28.3 Å². The quantitative estimate of drug-likeness (QED) is 0.842. The number of nitrogen functional groups attached to an aromatic ring is 1. The third kappa shape index (κ3) is 3.01. The number of nitrogens with zero attached hydrogens (tertiary/aromatic N) is 3. The van der Waals surface area contributed by atoms with Gasteiger partial charge in [0.05, 0.1) is 0 Å². The number of rotatable bonds is 2. The van der Waals surface area contributed by atoms with Crippen LogP contribution in [0.1, 0.15) is 23.3 Å². The smallest absolute Gasteiger partial charge is 0.273 e. The SMILES string of the molecule is Nc1nc(C(=O)N2CCN(C(=O)C3CCCO3)CC2)cs1. The first-order chi connectivity index (χ1) is 10.1. The first-order valence-electron chi connectivity index (χ1n) is 7.06. The number of amides is 2. The molecule has 2 aliphatic heterocycles. The number of hydrogen-bond acceptors (Lipinski definition) is 6. The molecule has 0 aliphatic carbocycles. The molecule has 3 rings (SSSR count). The largest absolute Gasteiger partial charge is 0.375 e. The summed E-state index contributed by atoms with van der Waals surface area (Å²) in [6.45, 7) is 2.80. The van der Waals surface area contributed by atoms with Gasteiger partial charge in [0.15, 0.2) is 5.13 Å². The zero-order valence-electron chi connectivity index (χ0n) is 11.7. The molecule has 0 bridgehead atoms. The minimum atomic E-state index is -0.286. The van der Waals surface area contributed by atoms with Crippen LogP contribution >= 0.6 is 11.3 Å². The van der Waals surface area contributed by atoms with Crippen molar-refractivity contribution in [2.45, 2.75) is 18.9 Å². The van der Waals surface area contributed by atoms with Gasteiger partial charge in [0.1, 0.15) is 11.8 Å². The first kappa shape index (κ1) is 14.3. The molecule has 1 aromatic rings. The highest BCUT2D eigenvalue weighted by molar-refractivity contribution is 7.13. The lowest BCUT2D eigenvalue weighted by Crippen LogP contribution is -2.52. The number of piperazine rings is 1. The lowest BCUT2D eigenvalue weighted by atomic mass is 10.2.